The Bertz CT molecular complexity index is 2020. The Morgan fingerprint density at radius 1 is 0.706 bits per heavy atom. The molecule has 11 nitrogen and oxygen atoms in total. The molecule has 51 heavy (non-hydrogen) atoms. The van der Waals surface area contributed by atoms with Gasteiger partial charge in [-0.25, -0.2) is 19.4 Å². The summed E-state index contributed by atoms with van der Waals surface area (Å²) in [6, 6.07) is 31.1. The van der Waals surface area contributed by atoms with Gasteiger partial charge in [0.2, 0.25) is 0 Å². The zero-order valence-corrected chi connectivity index (χ0v) is 28.6. The average molecular weight is 689 g/mol. The zero-order chi connectivity index (χ0) is 35.8. The van der Waals surface area contributed by atoms with Crippen molar-refractivity contribution in [3.05, 3.63) is 132 Å². The fraction of sp³-hybridized carbons (Fsp3) is 0.282. The molecule has 4 atom stereocenters. The highest BCUT2D eigenvalue weighted by molar-refractivity contribution is 6.62. The fourth-order valence-electron chi connectivity index (χ4n) is 6.06. The van der Waals surface area contributed by atoms with E-state index in [2.05, 4.69) is 4.98 Å². The average Bonchev–Trinajstić information content (AvgIpc) is 3.77. The summed E-state index contributed by atoms with van der Waals surface area (Å²) < 4.78 is 38.6. The lowest BCUT2D eigenvalue weighted by Gasteiger charge is -2.32. The van der Waals surface area contributed by atoms with E-state index in [1.807, 2.05) is 45.9 Å². The molecule has 2 saturated heterocycles. The van der Waals surface area contributed by atoms with E-state index < -0.39 is 60.8 Å². The van der Waals surface area contributed by atoms with Crippen LogP contribution in [0.25, 0.3) is 11.0 Å². The molecular formula is C39H37BN2O9. The summed E-state index contributed by atoms with van der Waals surface area (Å²) in [5.74, 6) is -1.89. The molecule has 4 aromatic carbocycles. The Morgan fingerprint density at radius 2 is 1.22 bits per heavy atom. The van der Waals surface area contributed by atoms with E-state index in [9.17, 15) is 14.4 Å². The molecule has 2 fully saturated rings. The number of carbonyl (C=O) groups excluding carboxylic acids is 3. The predicted molar refractivity (Wildman–Crippen MR) is 187 cm³/mol. The summed E-state index contributed by atoms with van der Waals surface area (Å²) >= 11 is 0. The first kappa shape index (κ1) is 34.2. The van der Waals surface area contributed by atoms with Crippen molar-refractivity contribution < 1.29 is 42.6 Å². The van der Waals surface area contributed by atoms with Crippen molar-refractivity contribution in [1.82, 2.24) is 9.55 Å². The van der Waals surface area contributed by atoms with Gasteiger partial charge in [0, 0.05) is 0 Å². The van der Waals surface area contributed by atoms with E-state index >= 15 is 0 Å². The molecule has 12 heteroatoms. The SMILES string of the molecule is CC1(C)OB(c2ccc3c(c2)ncn3[C@@H]2O[C@H](COC(=O)c3ccccc3)[C@@H](OC(=O)c3ccccc3)[C@H]2OC(=O)c2ccccc2)OC1(C)C. The van der Waals surface area contributed by atoms with Gasteiger partial charge in [0.15, 0.2) is 18.4 Å². The number of rotatable bonds is 9. The number of benzene rings is 4. The maximum absolute atomic E-state index is 13.6. The molecule has 7 rings (SSSR count). The van der Waals surface area contributed by atoms with Gasteiger partial charge in [-0.1, -0.05) is 60.7 Å². The van der Waals surface area contributed by atoms with Gasteiger partial charge in [-0.05, 0) is 81.7 Å². The van der Waals surface area contributed by atoms with Crippen LogP contribution >= 0.6 is 0 Å². The lowest BCUT2D eigenvalue weighted by atomic mass is 9.79. The van der Waals surface area contributed by atoms with Crippen LogP contribution in [0.4, 0.5) is 0 Å². The number of fused-ring (bicyclic) bond motifs is 1. The van der Waals surface area contributed by atoms with Crippen LogP contribution in [-0.4, -0.2) is 70.7 Å². The Balaban J connectivity index is 1.24. The Hall–Kier alpha value is -5.30. The first-order valence-corrected chi connectivity index (χ1v) is 16.7. The van der Waals surface area contributed by atoms with Crippen LogP contribution in [0.2, 0.25) is 0 Å². The molecule has 2 aliphatic heterocycles. The van der Waals surface area contributed by atoms with Crippen LogP contribution in [-0.2, 0) is 28.3 Å². The van der Waals surface area contributed by atoms with Crippen molar-refractivity contribution in [1.29, 1.82) is 0 Å². The van der Waals surface area contributed by atoms with Crippen molar-refractivity contribution in [3.8, 4) is 0 Å². The van der Waals surface area contributed by atoms with Crippen LogP contribution in [0.15, 0.2) is 116 Å². The summed E-state index contributed by atoms with van der Waals surface area (Å²) in [5.41, 5.74) is 1.92. The molecule has 0 N–H and O–H groups in total. The smallest absolute Gasteiger partial charge is 0.459 e. The van der Waals surface area contributed by atoms with E-state index in [1.54, 1.807) is 102 Å². The number of imidazole rings is 1. The van der Waals surface area contributed by atoms with Crippen LogP contribution in [0.3, 0.4) is 0 Å². The Labute approximate surface area is 295 Å². The molecule has 0 aliphatic carbocycles. The monoisotopic (exact) mass is 688 g/mol. The summed E-state index contributed by atoms with van der Waals surface area (Å²) in [6.07, 6.45) is -2.84. The minimum atomic E-state index is -1.18. The lowest BCUT2D eigenvalue weighted by Crippen LogP contribution is -2.41. The molecule has 0 unspecified atom stereocenters. The first-order valence-electron chi connectivity index (χ1n) is 16.7. The number of hydrogen-bond acceptors (Lipinski definition) is 10. The summed E-state index contributed by atoms with van der Waals surface area (Å²) in [6.45, 7) is 7.66. The number of hydrogen-bond donors (Lipinski definition) is 0. The molecule has 0 radical (unpaired) electrons. The van der Waals surface area contributed by atoms with Gasteiger partial charge in [0.05, 0.1) is 45.3 Å². The maximum Gasteiger partial charge on any atom is 0.494 e. The molecule has 2 aliphatic rings. The number of carbonyl (C=O) groups is 3. The third-order valence-electron chi connectivity index (χ3n) is 9.58. The standard InChI is InChI=1S/C39H37BN2O9/c1-38(2)39(3,4)51-40(50-38)28-20-21-30-29(22-28)41-24-42(30)34-33(49-37(45)27-18-12-7-13-19-27)32(48-36(44)26-16-10-6-11-17-26)31(47-34)23-46-35(43)25-14-8-5-9-15-25/h5-22,24,31-34H,23H2,1-4H3/t31-,32-,33-,34-/m1/s1. The van der Waals surface area contributed by atoms with Crippen LogP contribution in [0.5, 0.6) is 0 Å². The molecule has 0 amide bonds. The molecule has 0 bridgehead atoms. The van der Waals surface area contributed by atoms with Gasteiger partial charge in [-0.2, -0.15) is 0 Å². The summed E-state index contributed by atoms with van der Waals surface area (Å²) in [7, 11) is -0.600. The molecule has 0 spiro atoms. The molecule has 5 aromatic rings. The minimum Gasteiger partial charge on any atom is -0.459 e. The van der Waals surface area contributed by atoms with Gasteiger partial charge < -0.3 is 32.8 Å². The number of esters is 3. The quantitative estimate of drug-likeness (QED) is 0.111. The first-order chi connectivity index (χ1) is 24.5. The van der Waals surface area contributed by atoms with Gasteiger partial charge in [0.25, 0.3) is 0 Å². The van der Waals surface area contributed by atoms with Gasteiger partial charge >= 0.3 is 25.0 Å². The van der Waals surface area contributed by atoms with Crippen LogP contribution in [0.1, 0.15) is 65.0 Å². The summed E-state index contributed by atoms with van der Waals surface area (Å²) in [5, 5.41) is 0. The molecule has 0 saturated carbocycles. The number of aromatic nitrogens is 2. The highest BCUT2D eigenvalue weighted by atomic mass is 16.7. The minimum absolute atomic E-state index is 0.289. The van der Waals surface area contributed by atoms with Gasteiger partial charge in [-0.15, -0.1) is 0 Å². The number of nitrogens with zero attached hydrogens (tertiary/aromatic N) is 2. The van der Waals surface area contributed by atoms with E-state index in [1.165, 1.54) is 0 Å². The zero-order valence-electron chi connectivity index (χ0n) is 28.6. The van der Waals surface area contributed by atoms with Gasteiger partial charge in [-0.3, -0.25) is 0 Å². The Morgan fingerprint density at radius 3 is 1.76 bits per heavy atom. The van der Waals surface area contributed by atoms with Crippen molar-refractivity contribution >= 4 is 41.5 Å². The molecule has 1 aromatic heterocycles. The van der Waals surface area contributed by atoms with Crippen LogP contribution in [0, 0.1) is 0 Å². The van der Waals surface area contributed by atoms with E-state index in [-0.39, 0.29) is 12.2 Å². The highest BCUT2D eigenvalue weighted by Crippen LogP contribution is 2.38. The molecular weight excluding hydrogens is 651 g/mol. The van der Waals surface area contributed by atoms with E-state index in [0.29, 0.717) is 22.2 Å². The normalized spacial score (nSPS) is 22.1. The molecule has 260 valence electrons. The maximum atomic E-state index is 13.6. The largest absolute Gasteiger partial charge is 0.494 e. The fourth-order valence-corrected chi connectivity index (χ4v) is 6.06. The van der Waals surface area contributed by atoms with Crippen molar-refractivity contribution in [3.63, 3.8) is 0 Å². The second kappa shape index (κ2) is 13.8. The van der Waals surface area contributed by atoms with E-state index in [0.717, 1.165) is 5.46 Å². The van der Waals surface area contributed by atoms with Crippen molar-refractivity contribution in [2.45, 2.75) is 63.4 Å². The second-order valence-corrected chi connectivity index (χ2v) is 13.5. The molecule has 3 heterocycles. The lowest BCUT2D eigenvalue weighted by molar-refractivity contribution is -0.0604. The van der Waals surface area contributed by atoms with Gasteiger partial charge in [0.1, 0.15) is 12.7 Å². The van der Waals surface area contributed by atoms with Crippen molar-refractivity contribution in [2.75, 3.05) is 6.61 Å². The topological polar surface area (TPSA) is 124 Å². The Kier molecular flexibility index (Phi) is 9.24. The second-order valence-electron chi connectivity index (χ2n) is 13.5. The summed E-state index contributed by atoms with van der Waals surface area (Å²) in [4.78, 5) is 44.7. The van der Waals surface area contributed by atoms with Crippen molar-refractivity contribution in [2.24, 2.45) is 0 Å². The third kappa shape index (κ3) is 6.90. The van der Waals surface area contributed by atoms with E-state index in [4.69, 9.17) is 28.3 Å². The third-order valence-corrected chi connectivity index (χ3v) is 9.58. The highest BCUT2D eigenvalue weighted by Gasteiger charge is 2.53. The van der Waals surface area contributed by atoms with Crippen LogP contribution < -0.4 is 5.46 Å². The predicted octanol–water partition coefficient (Wildman–Crippen LogP) is 5.54. The number of ether oxygens (including phenoxy) is 4.